The Morgan fingerprint density at radius 2 is 2.18 bits per heavy atom. The number of carbonyl (C=O) groups excluding carboxylic acids is 1. The van der Waals surface area contributed by atoms with E-state index in [9.17, 15) is 9.18 Å². The maximum absolute atomic E-state index is 13.5. The lowest BCUT2D eigenvalue weighted by atomic mass is 10.1. The Labute approximate surface area is 128 Å². The van der Waals surface area contributed by atoms with E-state index in [0.29, 0.717) is 13.2 Å². The average Bonchev–Trinajstić information content (AvgIpc) is 2.79. The van der Waals surface area contributed by atoms with Crippen molar-refractivity contribution in [2.75, 3.05) is 33.4 Å². The highest BCUT2D eigenvalue weighted by molar-refractivity contribution is 5.90. The minimum Gasteiger partial charge on any atom is -0.395 e. The summed E-state index contributed by atoms with van der Waals surface area (Å²) in [6, 6.07) is 4.50. The Bertz CT molecular complexity index is 654. The second-order valence-corrected chi connectivity index (χ2v) is 5.19. The smallest absolute Gasteiger partial charge is 0.227 e. The van der Waals surface area contributed by atoms with Gasteiger partial charge in [0, 0.05) is 36.8 Å². The van der Waals surface area contributed by atoms with Crippen LogP contribution in [0.2, 0.25) is 0 Å². The third kappa shape index (κ3) is 3.64. The van der Waals surface area contributed by atoms with Gasteiger partial charge in [-0.15, -0.1) is 0 Å². The van der Waals surface area contributed by atoms with Gasteiger partial charge in [0.15, 0.2) is 0 Å². The van der Waals surface area contributed by atoms with E-state index in [1.807, 2.05) is 6.92 Å². The van der Waals surface area contributed by atoms with Crippen molar-refractivity contribution in [3.63, 3.8) is 0 Å². The molecule has 5 nitrogen and oxygen atoms in total. The first-order valence-corrected chi connectivity index (χ1v) is 7.21. The Hall–Kier alpha value is -1.92. The van der Waals surface area contributed by atoms with Crippen molar-refractivity contribution in [3.8, 4) is 0 Å². The Kier molecular flexibility index (Phi) is 5.51. The third-order valence-corrected chi connectivity index (χ3v) is 3.70. The molecule has 2 aromatic rings. The molecule has 0 unspecified atom stereocenters. The van der Waals surface area contributed by atoms with Crippen LogP contribution in [0.25, 0.3) is 10.9 Å². The van der Waals surface area contributed by atoms with E-state index >= 15 is 0 Å². The molecule has 1 aromatic carbocycles. The number of H-pyrrole nitrogens is 1. The number of hydrogen-bond acceptors (Lipinski definition) is 3. The predicted octanol–water partition coefficient (Wildman–Crippen LogP) is 1.63. The number of aliphatic hydroxyl groups excluding tert-OH is 1. The van der Waals surface area contributed by atoms with Crippen molar-refractivity contribution in [1.29, 1.82) is 0 Å². The fourth-order valence-corrected chi connectivity index (χ4v) is 2.53. The summed E-state index contributed by atoms with van der Waals surface area (Å²) in [6.45, 7) is 2.86. The van der Waals surface area contributed by atoms with Crippen molar-refractivity contribution >= 4 is 16.8 Å². The van der Waals surface area contributed by atoms with E-state index in [-0.39, 0.29) is 31.3 Å². The van der Waals surface area contributed by atoms with E-state index in [2.05, 4.69) is 4.98 Å². The monoisotopic (exact) mass is 308 g/mol. The molecule has 0 saturated heterocycles. The van der Waals surface area contributed by atoms with Gasteiger partial charge < -0.3 is 19.7 Å². The number of amides is 1. The molecule has 0 aliphatic carbocycles. The number of aryl methyl sites for hydroxylation is 1. The van der Waals surface area contributed by atoms with Gasteiger partial charge in [-0.1, -0.05) is 0 Å². The minimum atomic E-state index is -0.327. The summed E-state index contributed by atoms with van der Waals surface area (Å²) < 4.78 is 18.4. The van der Waals surface area contributed by atoms with Crippen LogP contribution in [-0.2, 0) is 16.0 Å². The summed E-state index contributed by atoms with van der Waals surface area (Å²) in [4.78, 5) is 17.2. The number of rotatable bonds is 7. The zero-order chi connectivity index (χ0) is 16.1. The molecule has 0 fully saturated rings. The summed E-state index contributed by atoms with van der Waals surface area (Å²) in [7, 11) is 1.56. The van der Waals surface area contributed by atoms with E-state index in [1.165, 1.54) is 12.1 Å². The quantitative estimate of drug-likeness (QED) is 0.817. The molecule has 2 rings (SSSR count). The summed E-state index contributed by atoms with van der Waals surface area (Å²) >= 11 is 0. The van der Waals surface area contributed by atoms with E-state index in [0.717, 1.165) is 22.2 Å². The first-order chi connectivity index (χ1) is 10.6. The molecule has 6 heteroatoms. The minimum absolute atomic E-state index is 0.100. The van der Waals surface area contributed by atoms with Crippen LogP contribution in [0.3, 0.4) is 0 Å². The van der Waals surface area contributed by atoms with Crippen LogP contribution in [0.5, 0.6) is 0 Å². The average molecular weight is 308 g/mol. The number of halogens is 1. The van der Waals surface area contributed by atoms with Gasteiger partial charge in [0.1, 0.15) is 5.82 Å². The number of benzene rings is 1. The van der Waals surface area contributed by atoms with Crippen molar-refractivity contribution in [2.24, 2.45) is 0 Å². The molecule has 22 heavy (non-hydrogen) atoms. The normalized spacial score (nSPS) is 11.1. The molecule has 0 spiro atoms. The van der Waals surface area contributed by atoms with Crippen LogP contribution < -0.4 is 0 Å². The molecular formula is C16H21FN2O3. The second-order valence-electron chi connectivity index (χ2n) is 5.19. The molecule has 1 aromatic heterocycles. The topological polar surface area (TPSA) is 65.6 Å². The molecule has 0 aliphatic rings. The van der Waals surface area contributed by atoms with E-state index in [4.69, 9.17) is 9.84 Å². The van der Waals surface area contributed by atoms with Gasteiger partial charge in [0.2, 0.25) is 5.91 Å². The Morgan fingerprint density at radius 1 is 1.41 bits per heavy atom. The van der Waals surface area contributed by atoms with E-state index in [1.54, 1.807) is 18.1 Å². The van der Waals surface area contributed by atoms with Gasteiger partial charge in [-0.05, 0) is 30.7 Å². The number of aromatic amines is 1. The van der Waals surface area contributed by atoms with Gasteiger partial charge in [0.05, 0.1) is 19.6 Å². The lowest BCUT2D eigenvalue weighted by molar-refractivity contribution is -0.131. The number of hydrogen-bond donors (Lipinski definition) is 2. The molecule has 0 atom stereocenters. The second kappa shape index (κ2) is 7.38. The molecule has 0 saturated carbocycles. The first kappa shape index (κ1) is 16.5. The molecule has 1 heterocycles. The number of aliphatic hydroxyl groups is 1. The standard InChI is InChI=1S/C16H21FN2O3/c1-11-13(14-9-12(17)3-4-15(14)18-11)10-16(21)19(5-7-20)6-8-22-2/h3-4,9,18,20H,5-8,10H2,1-2H3. The SMILES string of the molecule is COCCN(CCO)C(=O)Cc1c(C)[nH]c2ccc(F)cc12. The largest absolute Gasteiger partial charge is 0.395 e. The predicted molar refractivity (Wildman–Crippen MR) is 82.2 cm³/mol. The van der Waals surface area contributed by atoms with Crippen LogP contribution in [0.15, 0.2) is 18.2 Å². The first-order valence-electron chi connectivity index (χ1n) is 7.21. The molecule has 0 bridgehead atoms. The fraction of sp³-hybridized carbons (Fsp3) is 0.438. The van der Waals surface area contributed by atoms with Crippen LogP contribution in [-0.4, -0.2) is 54.3 Å². The molecule has 0 aliphatic heterocycles. The van der Waals surface area contributed by atoms with Crippen LogP contribution >= 0.6 is 0 Å². The fourth-order valence-electron chi connectivity index (χ4n) is 2.53. The van der Waals surface area contributed by atoms with Crippen LogP contribution in [0.4, 0.5) is 4.39 Å². The van der Waals surface area contributed by atoms with Crippen molar-refractivity contribution in [1.82, 2.24) is 9.88 Å². The highest BCUT2D eigenvalue weighted by Crippen LogP contribution is 2.24. The van der Waals surface area contributed by atoms with Crippen molar-refractivity contribution < 1.29 is 19.0 Å². The van der Waals surface area contributed by atoms with Crippen LogP contribution in [0.1, 0.15) is 11.3 Å². The number of nitrogens with one attached hydrogen (secondary N) is 1. The van der Waals surface area contributed by atoms with Crippen molar-refractivity contribution in [2.45, 2.75) is 13.3 Å². The number of nitrogens with zero attached hydrogens (tertiary/aromatic N) is 1. The Balaban J connectivity index is 2.23. The zero-order valence-corrected chi connectivity index (χ0v) is 12.9. The van der Waals surface area contributed by atoms with Gasteiger partial charge in [-0.25, -0.2) is 4.39 Å². The van der Waals surface area contributed by atoms with E-state index < -0.39 is 0 Å². The highest BCUT2D eigenvalue weighted by atomic mass is 19.1. The number of aromatic nitrogens is 1. The maximum Gasteiger partial charge on any atom is 0.227 e. The van der Waals surface area contributed by atoms with Gasteiger partial charge in [-0.2, -0.15) is 0 Å². The lowest BCUT2D eigenvalue weighted by Crippen LogP contribution is -2.37. The summed E-state index contributed by atoms with van der Waals surface area (Å²) in [5, 5.41) is 9.81. The summed E-state index contributed by atoms with van der Waals surface area (Å²) in [5.74, 6) is -0.439. The maximum atomic E-state index is 13.5. The number of carbonyl (C=O) groups is 1. The zero-order valence-electron chi connectivity index (χ0n) is 12.9. The van der Waals surface area contributed by atoms with Crippen LogP contribution in [0, 0.1) is 12.7 Å². The van der Waals surface area contributed by atoms with Gasteiger partial charge in [0.25, 0.3) is 0 Å². The highest BCUT2D eigenvalue weighted by Gasteiger charge is 2.18. The molecule has 1 amide bonds. The summed E-state index contributed by atoms with van der Waals surface area (Å²) in [5.41, 5.74) is 2.46. The number of fused-ring (bicyclic) bond motifs is 1. The third-order valence-electron chi connectivity index (χ3n) is 3.70. The van der Waals surface area contributed by atoms with Gasteiger partial charge in [-0.3, -0.25) is 4.79 Å². The number of ether oxygens (including phenoxy) is 1. The Morgan fingerprint density at radius 3 is 2.86 bits per heavy atom. The number of methoxy groups -OCH3 is 1. The molecule has 2 N–H and O–H groups in total. The molecular weight excluding hydrogens is 287 g/mol. The molecule has 0 radical (unpaired) electrons. The van der Waals surface area contributed by atoms with Crippen molar-refractivity contribution in [3.05, 3.63) is 35.3 Å². The molecule has 120 valence electrons. The summed E-state index contributed by atoms with van der Waals surface area (Å²) in [6.07, 6.45) is 0.166. The lowest BCUT2D eigenvalue weighted by Gasteiger charge is -2.21. The van der Waals surface area contributed by atoms with Gasteiger partial charge >= 0.3 is 0 Å².